The van der Waals surface area contributed by atoms with Gasteiger partial charge < -0.3 is 15.1 Å². The molecule has 2 aromatic rings. The van der Waals surface area contributed by atoms with Gasteiger partial charge in [-0.3, -0.25) is 19.1 Å². The third-order valence-corrected chi connectivity index (χ3v) is 6.24. The van der Waals surface area contributed by atoms with Crippen LogP contribution in [0.5, 0.6) is 0 Å². The first kappa shape index (κ1) is 27.0. The molecule has 2 aliphatic heterocycles. The minimum absolute atomic E-state index is 0.102. The van der Waals surface area contributed by atoms with Crippen molar-refractivity contribution in [3.8, 4) is 17.5 Å². The second-order valence-electron chi connectivity index (χ2n) is 8.65. The first-order valence-electron chi connectivity index (χ1n) is 11.6. The average molecular weight is 534 g/mol. The predicted octanol–water partition coefficient (Wildman–Crippen LogP) is 0.598. The Hall–Kier alpha value is -4.09. The number of hydrogen-bond acceptors (Lipinski definition) is 9. The van der Waals surface area contributed by atoms with Gasteiger partial charge in [0.15, 0.2) is 23.6 Å². The van der Waals surface area contributed by atoms with E-state index in [1.165, 1.54) is 43.1 Å². The second kappa shape index (κ2) is 10.3. The maximum Gasteiger partial charge on any atom is 0.493 e. The summed E-state index contributed by atoms with van der Waals surface area (Å²) in [5.41, 5.74) is -1.38. The van der Waals surface area contributed by atoms with Gasteiger partial charge in [0.25, 0.3) is 5.56 Å². The number of piperazine rings is 1. The lowest BCUT2D eigenvalue weighted by Crippen LogP contribution is -2.61. The molecular weight excluding hydrogens is 509 g/mol. The lowest BCUT2D eigenvalue weighted by Gasteiger charge is -2.40. The molecule has 1 fully saturated rings. The Labute approximate surface area is 214 Å². The molecule has 11 nitrogen and oxygen atoms in total. The summed E-state index contributed by atoms with van der Waals surface area (Å²) >= 11 is 0. The molecule has 0 aliphatic carbocycles. The minimum atomic E-state index is -5.35. The number of ketones is 1. The van der Waals surface area contributed by atoms with Crippen molar-refractivity contribution in [1.82, 2.24) is 19.4 Å². The van der Waals surface area contributed by atoms with E-state index in [0.717, 1.165) is 9.13 Å². The number of nitrogens with one attached hydrogen (secondary N) is 1. The molecule has 0 saturated carbocycles. The van der Waals surface area contributed by atoms with Crippen LogP contribution in [0.2, 0.25) is 0 Å². The minimum Gasteiger partial charge on any atom is -0.327 e. The first-order chi connectivity index (χ1) is 18.0. The van der Waals surface area contributed by atoms with E-state index in [-0.39, 0.29) is 29.5 Å². The van der Waals surface area contributed by atoms with Crippen molar-refractivity contribution < 1.29 is 27.6 Å². The molecule has 1 aromatic carbocycles. The van der Waals surface area contributed by atoms with E-state index in [2.05, 4.69) is 17.2 Å². The van der Waals surface area contributed by atoms with Crippen molar-refractivity contribution in [2.75, 3.05) is 42.7 Å². The zero-order valence-corrected chi connectivity index (χ0v) is 20.8. The molecule has 0 amide bonds. The number of Topliss-reactive ketones (excluding diaryl/α,β-unsaturated/α-hetero) is 1. The highest BCUT2D eigenvalue weighted by molar-refractivity contribution is 5.94. The molecule has 2 aliphatic rings. The number of carbonyl (C=O) groups is 2. The van der Waals surface area contributed by atoms with Crippen LogP contribution in [0.3, 0.4) is 0 Å². The molecule has 1 saturated heterocycles. The number of rotatable bonds is 5. The van der Waals surface area contributed by atoms with Crippen LogP contribution in [0, 0.1) is 11.8 Å². The Kier molecular flexibility index (Phi) is 7.34. The Morgan fingerprint density at radius 2 is 1.76 bits per heavy atom. The molecular formula is C24H25F3N6O5. The number of alkyl halides is 3. The summed E-state index contributed by atoms with van der Waals surface area (Å²) in [5.74, 6) is 2.41. The number of hydroxylamine groups is 1. The SMILES string of the molecule is CC#CCN1c2c(n(-c3ccc(C(C)=O)cc3)c(=O)n(C)c2=O)N(OC(=O)C(F)(F)F)C1N1CCNCC1. The number of carbonyl (C=O) groups excluding carboxylic acids is 2. The van der Waals surface area contributed by atoms with E-state index < -0.39 is 29.7 Å². The Bertz CT molecular complexity index is 1430. The van der Waals surface area contributed by atoms with E-state index in [4.69, 9.17) is 4.84 Å². The Balaban J connectivity index is 2.02. The summed E-state index contributed by atoms with van der Waals surface area (Å²) in [4.78, 5) is 58.8. The van der Waals surface area contributed by atoms with Crippen molar-refractivity contribution in [3.63, 3.8) is 0 Å². The van der Waals surface area contributed by atoms with Crippen molar-refractivity contribution in [2.45, 2.75) is 26.3 Å². The van der Waals surface area contributed by atoms with Crippen LogP contribution in [0.25, 0.3) is 5.69 Å². The predicted molar refractivity (Wildman–Crippen MR) is 131 cm³/mol. The number of anilines is 2. The molecule has 4 rings (SSSR count). The van der Waals surface area contributed by atoms with Gasteiger partial charge in [0.1, 0.15) is 0 Å². The molecule has 0 bridgehead atoms. The molecule has 1 aromatic heterocycles. The van der Waals surface area contributed by atoms with Crippen LogP contribution in [-0.2, 0) is 16.7 Å². The zero-order chi connectivity index (χ0) is 27.8. The van der Waals surface area contributed by atoms with Gasteiger partial charge in [-0.25, -0.2) is 14.2 Å². The highest BCUT2D eigenvalue weighted by Crippen LogP contribution is 2.39. The summed E-state index contributed by atoms with van der Waals surface area (Å²) in [6, 6.07) is 5.72. The maximum atomic E-state index is 13.4. The largest absolute Gasteiger partial charge is 0.493 e. The number of halogens is 3. The molecule has 14 heteroatoms. The van der Waals surface area contributed by atoms with Crippen LogP contribution >= 0.6 is 0 Å². The lowest BCUT2D eigenvalue weighted by molar-refractivity contribution is -0.203. The third kappa shape index (κ3) is 4.77. The van der Waals surface area contributed by atoms with Gasteiger partial charge in [-0.05, 0) is 38.1 Å². The fourth-order valence-corrected chi connectivity index (χ4v) is 4.39. The fourth-order valence-electron chi connectivity index (χ4n) is 4.39. The molecule has 202 valence electrons. The molecule has 3 heterocycles. The molecule has 1 unspecified atom stereocenters. The summed E-state index contributed by atoms with van der Waals surface area (Å²) in [7, 11) is 1.24. The number of benzene rings is 1. The number of hydrogen-bond donors (Lipinski definition) is 1. The fraction of sp³-hybridized carbons (Fsp3) is 0.417. The van der Waals surface area contributed by atoms with Crippen LogP contribution in [0.4, 0.5) is 24.7 Å². The topological polar surface area (TPSA) is 109 Å². The standard InChI is InChI=1S/C24H25F3N6O5/c1-4-5-12-31-18-19(33(38-21(36)24(25,26)27)22(31)30-13-10-28-11-14-30)32(23(37)29(3)20(18)35)17-8-6-16(7-9-17)15(2)34/h6-9,22,28H,10-14H2,1-3H3. The normalized spacial score (nSPS) is 17.6. The van der Waals surface area contributed by atoms with Crippen LogP contribution in [-0.4, -0.2) is 71.0 Å². The van der Waals surface area contributed by atoms with E-state index in [9.17, 15) is 32.3 Å². The summed E-state index contributed by atoms with van der Waals surface area (Å²) in [6.07, 6.45) is -6.55. The summed E-state index contributed by atoms with van der Waals surface area (Å²) < 4.78 is 42.0. The highest BCUT2D eigenvalue weighted by Gasteiger charge is 2.51. The molecule has 0 spiro atoms. The second-order valence-corrected chi connectivity index (χ2v) is 8.65. The first-order valence-corrected chi connectivity index (χ1v) is 11.6. The van der Waals surface area contributed by atoms with Gasteiger partial charge in [-0.1, -0.05) is 5.92 Å². The number of fused-ring (bicyclic) bond motifs is 1. The summed E-state index contributed by atoms with van der Waals surface area (Å²) in [5, 5.41) is 3.80. The van der Waals surface area contributed by atoms with Gasteiger partial charge in [-0.15, -0.1) is 11.0 Å². The highest BCUT2D eigenvalue weighted by atomic mass is 19.4. The van der Waals surface area contributed by atoms with Crippen molar-refractivity contribution >= 4 is 23.3 Å². The van der Waals surface area contributed by atoms with Gasteiger partial charge in [0.05, 0.1) is 12.2 Å². The van der Waals surface area contributed by atoms with E-state index in [1.54, 1.807) is 11.8 Å². The lowest BCUT2D eigenvalue weighted by atomic mass is 10.1. The maximum absolute atomic E-state index is 13.4. The smallest absolute Gasteiger partial charge is 0.327 e. The van der Waals surface area contributed by atoms with E-state index >= 15 is 0 Å². The van der Waals surface area contributed by atoms with Gasteiger partial charge in [0.2, 0.25) is 0 Å². The number of aromatic nitrogens is 2. The zero-order valence-electron chi connectivity index (χ0n) is 20.8. The Morgan fingerprint density at radius 1 is 1.13 bits per heavy atom. The average Bonchev–Trinajstić information content (AvgIpc) is 3.19. The van der Waals surface area contributed by atoms with Crippen LogP contribution in [0.1, 0.15) is 24.2 Å². The van der Waals surface area contributed by atoms with Crippen molar-refractivity contribution in [3.05, 3.63) is 50.7 Å². The van der Waals surface area contributed by atoms with Crippen molar-refractivity contribution in [1.29, 1.82) is 0 Å². The quantitative estimate of drug-likeness (QED) is 0.436. The van der Waals surface area contributed by atoms with E-state index in [1.807, 2.05) is 0 Å². The molecule has 1 atom stereocenters. The Morgan fingerprint density at radius 3 is 2.32 bits per heavy atom. The van der Waals surface area contributed by atoms with Gasteiger partial charge in [-0.2, -0.15) is 13.2 Å². The van der Waals surface area contributed by atoms with Gasteiger partial charge >= 0.3 is 17.8 Å². The van der Waals surface area contributed by atoms with Crippen LogP contribution in [0.15, 0.2) is 33.9 Å². The van der Waals surface area contributed by atoms with Crippen molar-refractivity contribution in [2.24, 2.45) is 7.05 Å². The monoisotopic (exact) mass is 534 g/mol. The van der Waals surface area contributed by atoms with Crippen LogP contribution < -0.4 is 26.5 Å². The number of nitrogens with zero attached hydrogens (tertiary/aromatic N) is 5. The molecule has 1 N–H and O–H groups in total. The third-order valence-electron chi connectivity index (χ3n) is 6.24. The molecule has 0 radical (unpaired) electrons. The summed E-state index contributed by atoms with van der Waals surface area (Å²) in [6.45, 7) is 4.47. The molecule has 38 heavy (non-hydrogen) atoms. The van der Waals surface area contributed by atoms with E-state index in [0.29, 0.717) is 36.8 Å². The van der Waals surface area contributed by atoms with Gasteiger partial charge in [0, 0.05) is 38.8 Å².